The molecule has 1 unspecified atom stereocenters. The smallest absolute Gasteiger partial charge is 0.242 e. The number of nitrogens with zero attached hydrogens (tertiary/aromatic N) is 1. The molecule has 0 saturated carbocycles. The Morgan fingerprint density at radius 3 is 2.37 bits per heavy atom. The molecular formula is C25H33N3O2. The van der Waals surface area contributed by atoms with Crippen LogP contribution in [-0.2, 0) is 16.0 Å². The fourth-order valence-corrected chi connectivity index (χ4v) is 4.01. The Morgan fingerprint density at radius 2 is 1.63 bits per heavy atom. The van der Waals surface area contributed by atoms with Crippen LogP contribution in [0.1, 0.15) is 44.1 Å². The van der Waals surface area contributed by atoms with E-state index in [1.807, 2.05) is 30.3 Å². The van der Waals surface area contributed by atoms with Crippen molar-refractivity contribution < 1.29 is 9.59 Å². The first-order valence-electron chi connectivity index (χ1n) is 11.1. The zero-order chi connectivity index (χ0) is 21.2. The number of carbonyl (C=O) groups is 2. The van der Waals surface area contributed by atoms with Gasteiger partial charge >= 0.3 is 0 Å². The van der Waals surface area contributed by atoms with Crippen molar-refractivity contribution in [2.45, 2.75) is 51.0 Å². The number of hydrogen-bond acceptors (Lipinski definition) is 3. The van der Waals surface area contributed by atoms with Crippen LogP contribution in [0.15, 0.2) is 54.6 Å². The number of likely N-dealkylation sites (tertiary alicyclic amines) is 1. The normalized spacial score (nSPS) is 15.9. The number of carbonyl (C=O) groups excluding carboxylic acids is 2. The maximum Gasteiger partial charge on any atom is 0.242 e. The third-order valence-corrected chi connectivity index (χ3v) is 5.72. The summed E-state index contributed by atoms with van der Waals surface area (Å²) >= 11 is 0. The Bertz CT molecular complexity index is 805. The lowest BCUT2D eigenvalue weighted by Crippen LogP contribution is -2.46. The minimum Gasteiger partial charge on any atom is -0.354 e. The van der Waals surface area contributed by atoms with E-state index in [0.717, 1.165) is 61.8 Å². The van der Waals surface area contributed by atoms with Gasteiger partial charge in [-0.2, -0.15) is 0 Å². The number of nitrogens with two attached hydrogens (primary N) is 1. The molecule has 1 aliphatic rings. The molecule has 0 bridgehead atoms. The second kappa shape index (κ2) is 11.5. The first kappa shape index (κ1) is 22.0. The van der Waals surface area contributed by atoms with Crippen LogP contribution in [0.2, 0.25) is 0 Å². The zero-order valence-corrected chi connectivity index (χ0v) is 17.7. The molecule has 1 aliphatic heterocycles. The minimum absolute atomic E-state index is 0.0147. The highest BCUT2D eigenvalue weighted by molar-refractivity contribution is 5.89. The van der Waals surface area contributed by atoms with Crippen LogP contribution in [-0.4, -0.2) is 42.4 Å². The van der Waals surface area contributed by atoms with Crippen LogP contribution in [0.4, 0.5) is 0 Å². The van der Waals surface area contributed by atoms with Crippen molar-refractivity contribution in [1.82, 2.24) is 10.2 Å². The molecule has 3 N–H and O–H groups in total. The molecule has 0 aromatic heterocycles. The number of hydrogen-bond donors (Lipinski definition) is 2. The lowest BCUT2D eigenvalue weighted by Gasteiger charge is -2.24. The summed E-state index contributed by atoms with van der Waals surface area (Å²) in [6, 6.07) is 18.0. The summed E-state index contributed by atoms with van der Waals surface area (Å²) in [4.78, 5) is 27.2. The summed E-state index contributed by atoms with van der Waals surface area (Å²) < 4.78 is 0. The van der Waals surface area contributed by atoms with E-state index in [1.54, 1.807) is 4.90 Å². The highest BCUT2D eigenvalue weighted by atomic mass is 16.2. The van der Waals surface area contributed by atoms with E-state index in [2.05, 4.69) is 29.6 Å². The van der Waals surface area contributed by atoms with E-state index in [-0.39, 0.29) is 17.9 Å². The van der Waals surface area contributed by atoms with E-state index >= 15 is 0 Å². The summed E-state index contributed by atoms with van der Waals surface area (Å²) in [5.41, 5.74) is 8.77. The van der Waals surface area contributed by atoms with E-state index < -0.39 is 0 Å². The molecule has 160 valence electrons. The maximum atomic E-state index is 12.9. The number of rotatable bonds is 10. The Kier molecular flexibility index (Phi) is 8.45. The second-order valence-electron chi connectivity index (χ2n) is 7.98. The van der Waals surface area contributed by atoms with Gasteiger partial charge in [-0.15, -0.1) is 0 Å². The van der Waals surface area contributed by atoms with Crippen molar-refractivity contribution in [3.05, 3.63) is 60.2 Å². The highest BCUT2D eigenvalue weighted by Gasteiger charge is 2.33. The van der Waals surface area contributed by atoms with Crippen molar-refractivity contribution in [3.63, 3.8) is 0 Å². The lowest BCUT2D eigenvalue weighted by molar-refractivity contribution is -0.137. The van der Waals surface area contributed by atoms with Gasteiger partial charge in [0.05, 0.1) is 6.42 Å². The quantitative estimate of drug-likeness (QED) is 0.592. The minimum atomic E-state index is -0.329. The molecule has 2 aromatic rings. The molecule has 2 amide bonds. The first-order chi connectivity index (χ1) is 14.7. The van der Waals surface area contributed by atoms with Crippen LogP contribution in [0.5, 0.6) is 0 Å². The Morgan fingerprint density at radius 1 is 0.933 bits per heavy atom. The lowest BCUT2D eigenvalue weighted by atomic mass is 10.0. The van der Waals surface area contributed by atoms with Crippen molar-refractivity contribution in [2.75, 3.05) is 19.6 Å². The molecule has 30 heavy (non-hydrogen) atoms. The second-order valence-corrected chi connectivity index (χ2v) is 7.98. The van der Waals surface area contributed by atoms with Crippen molar-refractivity contribution >= 4 is 11.8 Å². The van der Waals surface area contributed by atoms with Crippen LogP contribution in [0, 0.1) is 0 Å². The summed E-state index contributed by atoms with van der Waals surface area (Å²) in [5, 5.41) is 3.01. The van der Waals surface area contributed by atoms with E-state index in [4.69, 9.17) is 5.73 Å². The van der Waals surface area contributed by atoms with Crippen LogP contribution in [0.25, 0.3) is 11.1 Å². The third kappa shape index (κ3) is 6.17. The maximum absolute atomic E-state index is 12.9. The van der Waals surface area contributed by atoms with Gasteiger partial charge in [0.1, 0.15) is 6.04 Å². The van der Waals surface area contributed by atoms with Crippen LogP contribution >= 0.6 is 0 Å². The van der Waals surface area contributed by atoms with Gasteiger partial charge < -0.3 is 16.0 Å². The number of amides is 2. The van der Waals surface area contributed by atoms with Gasteiger partial charge in [-0.3, -0.25) is 9.59 Å². The monoisotopic (exact) mass is 407 g/mol. The van der Waals surface area contributed by atoms with Gasteiger partial charge in [0.15, 0.2) is 0 Å². The van der Waals surface area contributed by atoms with E-state index in [9.17, 15) is 9.59 Å². The molecule has 0 spiro atoms. The summed E-state index contributed by atoms with van der Waals surface area (Å²) in [5.74, 6) is 0.0159. The molecule has 1 heterocycles. The largest absolute Gasteiger partial charge is 0.354 e. The average Bonchev–Trinajstić information content (AvgIpc) is 3.27. The predicted octanol–water partition coefficient (Wildman–Crippen LogP) is 3.52. The van der Waals surface area contributed by atoms with Crippen molar-refractivity contribution in [2.24, 2.45) is 5.73 Å². The Balaban J connectivity index is 1.50. The average molecular weight is 408 g/mol. The zero-order valence-electron chi connectivity index (χ0n) is 17.7. The predicted molar refractivity (Wildman–Crippen MR) is 121 cm³/mol. The first-order valence-corrected chi connectivity index (χ1v) is 11.1. The van der Waals surface area contributed by atoms with Crippen molar-refractivity contribution in [3.8, 4) is 11.1 Å². The van der Waals surface area contributed by atoms with Crippen molar-refractivity contribution in [1.29, 1.82) is 0 Å². The molecule has 5 nitrogen and oxygen atoms in total. The molecule has 1 saturated heterocycles. The molecule has 1 atom stereocenters. The standard InChI is InChI=1S/C25H33N3O2/c26-16-6-1-2-7-17-27-25(30)23-11-8-18-28(23)24(29)19-20-12-14-22(15-13-20)21-9-4-3-5-10-21/h3-5,9-10,12-15,23H,1-2,6-8,11,16-19,26H2,(H,27,30). The number of benzene rings is 2. The summed E-state index contributed by atoms with van der Waals surface area (Å²) in [6.45, 7) is 2.05. The molecule has 0 aliphatic carbocycles. The molecule has 1 fully saturated rings. The van der Waals surface area contributed by atoms with Gasteiger partial charge in [0.2, 0.25) is 11.8 Å². The fraction of sp³-hybridized carbons (Fsp3) is 0.440. The molecule has 3 rings (SSSR count). The van der Waals surface area contributed by atoms with Crippen LogP contribution < -0.4 is 11.1 Å². The van der Waals surface area contributed by atoms with Gasteiger partial charge in [-0.25, -0.2) is 0 Å². The molecule has 2 aromatic carbocycles. The summed E-state index contributed by atoms with van der Waals surface area (Å²) in [6.07, 6.45) is 6.13. The molecule has 0 radical (unpaired) electrons. The summed E-state index contributed by atoms with van der Waals surface area (Å²) in [7, 11) is 0. The van der Waals surface area contributed by atoms with Crippen LogP contribution in [0.3, 0.4) is 0 Å². The Labute approximate surface area is 179 Å². The Hall–Kier alpha value is -2.66. The number of unbranched alkanes of at least 4 members (excludes halogenated alkanes) is 3. The van der Waals surface area contributed by atoms with E-state index in [1.165, 1.54) is 0 Å². The van der Waals surface area contributed by atoms with Gasteiger partial charge in [0.25, 0.3) is 0 Å². The third-order valence-electron chi connectivity index (χ3n) is 5.72. The van der Waals surface area contributed by atoms with Gasteiger partial charge in [-0.05, 0) is 48.9 Å². The van der Waals surface area contributed by atoms with Gasteiger partial charge in [0, 0.05) is 13.1 Å². The SMILES string of the molecule is NCCCCCCNC(=O)C1CCCN1C(=O)Cc1ccc(-c2ccccc2)cc1. The van der Waals surface area contributed by atoms with E-state index in [0.29, 0.717) is 19.5 Å². The number of nitrogens with one attached hydrogen (secondary N) is 1. The fourth-order valence-electron chi connectivity index (χ4n) is 4.01. The van der Waals surface area contributed by atoms with Gasteiger partial charge in [-0.1, -0.05) is 67.4 Å². The topological polar surface area (TPSA) is 75.4 Å². The molecule has 5 heteroatoms. The highest BCUT2D eigenvalue weighted by Crippen LogP contribution is 2.22. The molecular weight excluding hydrogens is 374 g/mol.